The molecule has 0 aromatic carbocycles. The average molecular weight is 236 g/mol. The minimum absolute atomic E-state index is 0.495. The Labute approximate surface area is 102 Å². The Morgan fingerprint density at radius 3 is 2.81 bits per heavy atom. The van der Waals surface area contributed by atoms with Crippen LogP contribution in [0.2, 0.25) is 0 Å². The molecule has 1 fully saturated rings. The number of pyridine rings is 1. The molecule has 0 spiro atoms. The van der Waals surface area contributed by atoms with Crippen molar-refractivity contribution in [1.82, 2.24) is 10.3 Å². The van der Waals surface area contributed by atoms with Gasteiger partial charge in [0, 0.05) is 24.0 Å². The summed E-state index contributed by atoms with van der Waals surface area (Å²) in [5.41, 5.74) is 1.14. The van der Waals surface area contributed by atoms with Gasteiger partial charge in [0.25, 0.3) is 0 Å². The first-order chi connectivity index (χ1) is 7.85. The molecule has 1 aliphatic carbocycles. The van der Waals surface area contributed by atoms with Gasteiger partial charge >= 0.3 is 0 Å². The monoisotopic (exact) mass is 236 g/mol. The molecule has 0 radical (unpaired) electrons. The Bertz CT molecular complexity index is 307. The fraction of sp³-hybridized carbons (Fsp3) is 0.615. The molecule has 1 saturated carbocycles. The van der Waals surface area contributed by atoms with E-state index in [0.29, 0.717) is 4.75 Å². The van der Waals surface area contributed by atoms with E-state index in [1.165, 1.54) is 25.7 Å². The number of hydrogen-bond donors (Lipinski definition) is 1. The van der Waals surface area contributed by atoms with E-state index in [1.54, 1.807) is 0 Å². The molecule has 0 unspecified atom stereocenters. The highest BCUT2D eigenvalue weighted by Gasteiger charge is 2.32. The minimum Gasteiger partial charge on any atom is -0.310 e. The molecule has 1 N–H and O–H groups in total. The highest BCUT2D eigenvalue weighted by Crippen LogP contribution is 2.39. The van der Waals surface area contributed by atoms with Crippen molar-refractivity contribution in [3.05, 3.63) is 30.1 Å². The third-order valence-electron chi connectivity index (χ3n) is 3.43. The summed E-state index contributed by atoms with van der Waals surface area (Å²) in [6.07, 6.45) is 9.62. The molecule has 0 amide bonds. The Morgan fingerprint density at radius 2 is 2.19 bits per heavy atom. The number of nitrogens with one attached hydrogen (secondary N) is 1. The van der Waals surface area contributed by atoms with E-state index in [0.717, 1.165) is 18.8 Å². The van der Waals surface area contributed by atoms with E-state index >= 15 is 0 Å². The molecule has 1 heterocycles. The van der Waals surface area contributed by atoms with Crippen LogP contribution in [0.15, 0.2) is 24.4 Å². The molecule has 2 nitrogen and oxygen atoms in total. The molecule has 16 heavy (non-hydrogen) atoms. The average Bonchev–Trinajstić information content (AvgIpc) is 2.80. The summed E-state index contributed by atoms with van der Waals surface area (Å²) in [6.45, 7) is 2.01. The summed E-state index contributed by atoms with van der Waals surface area (Å²) >= 11 is 2.03. The van der Waals surface area contributed by atoms with Crippen molar-refractivity contribution in [1.29, 1.82) is 0 Å². The van der Waals surface area contributed by atoms with Gasteiger partial charge < -0.3 is 5.32 Å². The van der Waals surface area contributed by atoms with E-state index in [4.69, 9.17) is 0 Å². The largest absolute Gasteiger partial charge is 0.310 e. The second kappa shape index (κ2) is 5.69. The Morgan fingerprint density at radius 1 is 1.38 bits per heavy atom. The van der Waals surface area contributed by atoms with Gasteiger partial charge in [-0.1, -0.05) is 18.9 Å². The zero-order valence-corrected chi connectivity index (χ0v) is 10.7. The quantitative estimate of drug-likeness (QED) is 0.851. The summed E-state index contributed by atoms with van der Waals surface area (Å²) in [7, 11) is 0. The fourth-order valence-electron chi connectivity index (χ4n) is 2.39. The Hall–Kier alpha value is -0.540. The lowest BCUT2D eigenvalue weighted by atomic mass is 10.1. The van der Waals surface area contributed by atoms with Crippen LogP contribution in [0.1, 0.15) is 31.4 Å². The molecule has 1 aliphatic rings. The van der Waals surface area contributed by atoms with Crippen LogP contribution in [0.3, 0.4) is 0 Å². The van der Waals surface area contributed by atoms with Gasteiger partial charge in [-0.15, -0.1) is 0 Å². The van der Waals surface area contributed by atoms with Crippen molar-refractivity contribution in [3.63, 3.8) is 0 Å². The molecule has 0 bridgehead atoms. The minimum atomic E-state index is 0.495. The topological polar surface area (TPSA) is 24.9 Å². The molecule has 3 heteroatoms. The lowest BCUT2D eigenvalue weighted by molar-refractivity contribution is 0.530. The molecule has 0 aliphatic heterocycles. The van der Waals surface area contributed by atoms with Gasteiger partial charge in [-0.05, 0) is 31.2 Å². The van der Waals surface area contributed by atoms with Crippen molar-refractivity contribution < 1.29 is 0 Å². The first-order valence-electron chi connectivity index (χ1n) is 6.00. The standard InChI is InChI=1S/C13H20N2S/c1-16-13(7-3-4-8-13)11-14-10-12-6-2-5-9-15-12/h2,5-6,9,14H,3-4,7-8,10-11H2,1H3. The lowest BCUT2D eigenvalue weighted by Gasteiger charge is -2.26. The summed E-state index contributed by atoms with van der Waals surface area (Å²) in [4.78, 5) is 4.32. The lowest BCUT2D eigenvalue weighted by Crippen LogP contribution is -2.34. The zero-order chi connectivity index (χ0) is 11.3. The van der Waals surface area contributed by atoms with Crippen LogP contribution in [-0.2, 0) is 6.54 Å². The summed E-state index contributed by atoms with van der Waals surface area (Å²) in [5.74, 6) is 0. The van der Waals surface area contributed by atoms with Crippen molar-refractivity contribution in [2.75, 3.05) is 12.8 Å². The van der Waals surface area contributed by atoms with Crippen LogP contribution < -0.4 is 5.32 Å². The molecule has 1 aromatic heterocycles. The number of thioether (sulfide) groups is 1. The smallest absolute Gasteiger partial charge is 0.0541 e. The normalized spacial score (nSPS) is 18.8. The van der Waals surface area contributed by atoms with Crippen molar-refractivity contribution >= 4 is 11.8 Å². The highest BCUT2D eigenvalue weighted by molar-refractivity contribution is 8.00. The molecule has 2 rings (SSSR count). The van der Waals surface area contributed by atoms with Crippen molar-refractivity contribution in [2.45, 2.75) is 37.0 Å². The third-order valence-corrected chi connectivity index (χ3v) is 4.85. The maximum Gasteiger partial charge on any atom is 0.0541 e. The molecule has 1 aromatic rings. The summed E-state index contributed by atoms with van der Waals surface area (Å²) in [6, 6.07) is 6.08. The van der Waals surface area contributed by atoms with E-state index < -0.39 is 0 Å². The molecule has 88 valence electrons. The molecule has 0 saturated heterocycles. The number of aromatic nitrogens is 1. The first-order valence-corrected chi connectivity index (χ1v) is 7.23. The van der Waals surface area contributed by atoms with E-state index in [9.17, 15) is 0 Å². The molecule has 0 atom stereocenters. The zero-order valence-electron chi connectivity index (χ0n) is 9.91. The van der Waals surface area contributed by atoms with Gasteiger partial charge in [-0.2, -0.15) is 11.8 Å². The molecular formula is C13H20N2S. The van der Waals surface area contributed by atoms with E-state index in [-0.39, 0.29) is 0 Å². The second-order valence-corrected chi connectivity index (χ2v) is 5.79. The third kappa shape index (κ3) is 2.98. The Kier molecular flexibility index (Phi) is 4.24. The van der Waals surface area contributed by atoms with Crippen molar-refractivity contribution in [3.8, 4) is 0 Å². The first kappa shape index (κ1) is 11.9. The van der Waals surface area contributed by atoms with Gasteiger partial charge in [0.2, 0.25) is 0 Å². The van der Waals surface area contributed by atoms with Gasteiger partial charge in [-0.3, -0.25) is 4.98 Å². The van der Waals surface area contributed by atoms with Crippen LogP contribution in [0.5, 0.6) is 0 Å². The SMILES string of the molecule is CSC1(CNCc2ccccn2)CCCC1. The maximum atomic E-state index is 4.32. The van der Waals surface area contributed by atoms with E-state index in [1.807, 2.05) is 30.1 Å². The van der Waals surface area contributed by atoms with Crippen molar-refractivity contribution in [2.24, 2.45) is 0 Å². The van der Waals surface area contributed by atoms with Crippen LogP contribution in [-0.4, -0.2) is 22.5 Å². The van der Waals surface area contributed by atoms with Gasteiger partial charge in [0.05, 0.1) is 5.69 Å². The predicted molar refractivity (Wildman–Crippen MR) is 70.7 cm³/mol. The maximum absolute atomic E-state index is 4.32. The van der Waals surface area contributed by atoms with Crippen LogP contribution in [0.25, 0.3) is 0 Å². The summed E-state index contributed by atoms with van der Waals surface area (Å²) < 4.78 is 0.495. The van der Waals surface area contributed by atoms with Gasteiger partial charge in [-0.25, -0.2) is 0 Å². The van der Waals surface area contributed by atoms with Gasteiger partial charge in [0.15, 0.2) is 0 Å². The van der Waals surface area contributed by atoms with Crippen LogP contribution in [0, 0.1) is 0 Å². The number of hydrogen-bond acceptors (Lipinski definition) is 3. The predicted octanol–water partition coefficient (Wildman–Crippen LogP) is 2.85. The van der Waals surface area contributed by atoms with Gasteiger partial charge in [0.1, 0.15) is 0 Å². The van der Waals surface area contributed by atoms with E-state index in [2.05, 4.69) is 22.6 Å². The fourth-order valence-corrected chi connectivity index (χ4v) is 3.34. The second-order valence-electron chi connectivity index (χ2n) is 4.52. The highest BCUT2D eigenvalue weighted by atomic mass is 32.2. The molecular weight excluding hydrogens is 216 g/mol. The number of nitrogens with zero attached hydrogens (tertiary/aromatic N) is 1. The van der Waals surface area contributed by atoms with Crippen LogP contribution in [0.4, 0.5) is 0 Å². The Balaban J connectivity index is 1.79. The van der Waals surface area contributed by atoms with Crippen LogP contribution >= 0.6 is 11.8 Å². The summed E-state index contributed by atoms with van der Waals surface area (Å²) in [5, 5.41) is 3.55. The number of rotatable bonds is 5.